The Hall–Kier alpha value is -3.56. The molecule has 0 radical (unpaired) electrons. The van der Waals surface area contributed by atoms with E-state index in [0.29, 0.717) is 11.8 Å². The van der Waals surface area contributed by atoms with Crippen LogP contribution in [-0.2, 0) is 0 Å². The minimum atomic E-state index is 0.618. The zero-order valence-electron chi connectivity index (χ0n) is 23.8. The second kappa shape index (κ2) is 12.1. The zero-order valence-corrected chi connectivity index (χ0v) is 24.6. The van der Waals surface area contributed by atoms with Crippen LogP contribution in [-0.4, -0.2) is 12.4 Å². The largest absolute Gasteiger partial charge is 0.256 e. The van der Waals surface area contributed by atoms with Crippen molar-refractivity contribution in [2.24, 2.45) is 9.98 Å². The van der Waals surface area contributed by atoms with Crippen LogP contribution in [0.5, 0.6) is 0 Å². The van der Waals surface area contributed by atoms with Gasteiger partial charge in [0.2, 0.25) is 0 Å². The summed E-state index contributed by atoms with van der Waals surface area (Å²) in [5, 5.41) is 2.58. The first-order chi connectivity index (χ1) is 20.3. The van der Waals surface area contributed by atoms with Crippen LogP contribution < -0.4 is 0 Å². The first-order valence-corrected chi connectivity index (χ1v) is 16.4. The van der Waals surface area contributed by atoms with Crippen LogP contribution in [0.2, 0.25) is 0 Å². The quantitative estimate of drug-likeness (QED) is 0.186. The highest BCUT2D eigenvalue weighted by atomic mass is 32.1. The molecule has 0 unspecified atom stereocenters. The molecule has 41 heavy (non-hydrogen) atoms. The molecule has 0 bridgehead atoms. The SMILES string of the molecule is C(=Nc1ccccc1C1CCCCC1)c1ccc2sc3ccccc3c2c1C=Nc1ccccc1C1CCCCC1. The number of para-hydroxylation sites is 2. The second-order valence-electron chi connectivity index (χ2n) is 11.8. The summed E-state index contributed by atoms with van der Waals surface area (Å²) in [4.78, 5) is 10.4. The van der Waals surface area contributed by atoms with Gasteiger partial charge >= 0.3 is 0 Å². The van der Waals surface area contributed by atoms with Crippen molar-refractivity contribution in [3.8, 4) is 0 Å². The van der Waals surface area contributed by atoms with Gasteiger partial charge in [-0.15, -0.1) is 11.3 Å². The van der Waals surface area contributed by atoms with E-state index in [0.717, 1.165) is 22.5 Å². The van der Waals surface area contributed by atoms with Crippen LogP contribution in [0.4, 0.5) is 11.4 Å². The van der Waals surface area contributed by atoms with E-state index in [-0.39, 0.29) is 0 Å². The summed E-state index contributed by atoms with van der Waals surface area (Å²) in [7, 11) is 0. The van der Waals surface area contributed by atoms with E-state index in [9.17, 15) is 0 Å². The molecule has 3 heteroatoms. The van der Waals surface area contributed by atoms with E-state index in [1.807, 2.05) is 11.3 Å². The van der Waals surface area contributed by atoms with Crippen LogP contribution >= 0.6 is 11.3 Å². The van der Waals surface area contributed by atoms with Gasteiger partial charge in [0.15, 0.2) is 0 Å². The Labute approximate surface area is 247 Å². The molecular weight excluding hydrogens is 516 g/mol. The van der Waals surface area contributed by atoms with Crippen LogP contribution in [0.25, 0.3) is 20.2 Å². The zero-order chi connectivity index (χ0) is 27.4. The summed E-state index contributed by atoms with van der Waals surface area (Å²) < 4.78 is 2.62. The van der Waals surface area contributed by atoms with Gasteiger partial charge in [0.25, 0.3) is 0 Å². The molecule has 1 aromatic heterocycles. The van der Waals surface area contributed by atoms with Gasteiger partial charge in [0.1, 0.15) is 0 Å². The lowest BCUT2D eigenvalue weighted by molar-refractivity contribution is 0.444. The second-order valence-corrected chi connectivity index (χ2v) is 12.9. The van der Waals surface area contributed by atoms with Gasteiger partial charge in [0.05, 0.1) is 11.4 Å². The van der Waals surface area contributed by atoms with Crippen molar-refractivity contribution in [3.05, 3.63) is 107 Å². The van der Waals surface area contributed by atoms with E-state index in [2.05, 4.69) is 97.4 Å². The lowest BCUT2D eigenvalue weighted by atomic mass is 9.83. The molecule has 4 aromatic carbocycles. The topological polar surface area (TPSA) is 24.7 Å². The molecule has 0 N–H and O–H groups in total. The predicted molar refractivity (Wildman–Crippen MR) is 178 cm³/mol. The van der Waals surface area contributed by atoms with E-state index >= 15 is 0 Å². The molecule has 2 aliphatic carbocycles. The van der Waals surface area contributed by atoms with E-state index in [1.54, 1.807) is 0 Å². The number of aliphatic imine (C=N–C) groups is 2. The Morgan fingerprint density at radius 3 is 1.76 bits per heavy atom. The van der Waals surface area contributed by atoms with E-state index in [4.69, 9.17) is 9.98 Å². The maximum absolute atomic E-state index is 5.21. The van der Waals surface area contributed by atoms with Gasteiger partial charge in [-0.05, 0) is 72.9 Å². The molecule has 0 atom stereocenters. The van der Waals surface area contributed by atoms with Crippen molar-refractivity contribution >= 4 is 55.3 Å². The van der Waals surface area contributed by atoms with E-state index in [1.165, 1.54) is 95.5 Å². The first-order valence-electron chi connectivity index (χ1n) is 15.6. The highest BCUT2D eigenvalue weighted by Gasteiger charge is 2.19. The molecule has 7 rings (SSSR count). The third kappa shape index (κ3) is 5.53. The summed E-state index contributed by atoms with van der Waals surface area (Å²) in [6, 6.07) is 30.8. The Kier molecular flexibility index (Phi) is 7.79. The molecule has 5 aromatic rings. The monoisotopic (exact) mass is 554 g/mol. The summed E-state index contributed by atoms with van der Waals surface area (Å²) in [6.07, 6.45) is 17.3. The fourth-order valence-electron chi connectivity index (χ4n) is 7.11. The number of hydrogen-bond acceptors (Lipinski definition) is 3. The predicted octanol–water partition coefficient (Wildman–Crippen LogP) is 11.7. The van der Waals surface area contributed by atoms with E-state index < -0.39 is 0 Å². The van der Waals surface area contributed by atoms with Crippen molar-refractivity contribution < 1.29 is 0 Å². The molecule has 2 aliphatic rings. The Morgan fingerprint density at radius 2 is 1.10 bits per heavy atom. The third-order valence-corrected chi connectivity index (χ3v) is 10.4. The number of rotatable bonds is 6. The van der Waals surface area contributed by atoms with Crippen molar-refractivity contribution in [3.63, 3.8) is 0 Å². The molecule has 0 amide bonds. The molecule has 2 nitrogen and oxygen atoms in total. The van der Waals surface area contributed by atoms with Crippen molar-refractivity contribution in [2.75, 3.05) is 0 Å². The average molecular weight is 555 g/mol. The lowest BCUT2D eigenvalue weighted by Gasteiger charge is -2.23. The Morgan fingerprint density at radius 1 is 0.537 bits per heavy atom. The number of hydrogen-bond donors (Lipinski definition) is 0. The molecule has 1 heterocycles. The average Bonchev–Trinajstić information content (AvgIpc) is 3.43. The number of nitrogens with zero attached hydrogens (tertiary/aromatic N) is 2. The van der Waals surface area contributed by atoms with Crippen LogP contribution in [0, 0.1) is 0 Å². The van der Waals surface area contributed by atoms with Crippen molar-refractivity contribution in [2.45, 2.75) is 76.0 Å². The maximum atomic E-state index is 5.21. The standard InChI is InChI=1S/C38H38N2S/c1-3-13-27(14-4-1)30-17-7-10-20-34(30)39-25-29-23-24-37-38(32-19-9-12-22-36(32)41-37)33(29)26-40-35-21-11-8-18-31(35)28-15-5-2-6-16-28/h7-12,17-28H,1-6,13-16H2. The molecular formula is C38H38N2S. The van der Waals surface area contributed by atoms with Gasteiger partial charge in [-0.2, -0.15) is 0 Å². The fourth-order valence-corrected chi connectivity index (χ4v) is 8.23. The summed E-state index contributed by atoms with van der Waals surface area (Å²) in [5.41, 5.74) is 7.32. The smallest absolute Gasteiger partial charge is 0.0664 e. The lowest BCUT2D eigenvalue weighted by Crippen LogP contribution is -2.04. The van der Waals surface area contributed by atoms with Crippen LogP contribution in [0.15, 0.2) is 94.9 Å². The summed E-state index contributed by atoms with van der Waals surface area (Å²) >= 11 is 1.86. The highest BCUT2D eigenvalue weighted by Crippen LogP contribution is 2.40. The van der Waals surface area contributed by atoms with Crippen molar-refractivity contribution in [1.29, 1.82) is 0 Å². The number of fused-ring (bicyclic) bond motifs is 3. The molecule has 2 fully saturated rings. The van der Waals surface area contributed by atoms with Gasteiger partial charge in [-0.25, -0.2) is 0 Å². The van der Waals surface area contributed by atoms with Gasteiger partial charge in [-0.1, -0.05) is 99.2 Å². The Bertz CT molecular complexity index is 1710. The minimum absolute atomic E-state index is 0.618. The van der Waals surface area contributed by atoms with Gasteiger partial charge < -0.3 is 0 Å². The van der Waals surface area contributed by atoms with Crippen LogP contribution in [0.3, 0.4) is 0 Å². The fraction of sp³-hybridized carbons (Fsp3) is 0.316. The molecule has 0 saturated heterocycles. The Balaban J connectivity index is 1.32. The molecule has 0 aliphatic heterocycles. The normalized spacial score (nSPS) is 17.4. The summed E-state index contributed by atoms with van der Waals surface area (Å²) in [5.74, 6) is 1.24. The van der Waals surface area contributed by atoms with Gasteiger partial charge in [-0.3, -0.25) is 9.98 Å². The summed E-state index contributed by atoms with van der Waals surface area (Å²) in [6.45, 7) is 0. The van der Waals surface area contributed by atoms with Crippen molar-refractivity contribution in [1.82, 2.24) is 0 Å². The molecule has 0 spiro atoms. The third-order valence-electron chi connectivity index (χ3n) is 9.26. The highest BCUT2D eigenvalue weighted by molar-refractivity contribution is 7.25. The number of benzene rings is 4. The first kappa shape index (κ1) is 26.3. The minimum Gasteiger partial charge on any atom is -0.256 e. The van der Waals surface area contributed by atoms with Crippen LogP contribution in [0.1, 0.15) is 98.3 Å². The van der Waals surface area contributed by atoms with Gasteiger partial charge in [0, 0.05) is 43.7 Å². The maximum Gasteiger partial charge on any atom is 0.0664 e. The number of thiophene rings is 1. The molecule has 2 saturated carbocycles. The molecule has 206 valence electrons.